The van der Waals surface area contributed by atoms with Gasteiger partial charge in [0.15, 0.2) is 10.9 Å². The number of carbonyl (C=O) groups is 1. The molecule has 0 aliphatic heterocycles. The van der Waals surface area contributed by atoms with Crippen LogP contribution in [0.2, 0.25) is 10.0 Å². The average molecular weight is 410 g/mol. The van der Waals surface area contributed by atoms with Gasteiger partial charge in [-0.25, -0.2) is 4.98 Å². The smallest absolute Gasteiger partial charge is 0.236 e. The molecule has 4 nitrogen and oxygen atoms in total. The number of ether oxygens (including phenoxy) is 1. The highest BCUT2D eigenvalue weighted by molar-refractivity contribution is 9.09. The Kier molecular flexibility index (Phi) is 5.87. The average Bonchev–Trinajstić information content (AvgIpc) is 2.91. The lowest BCUT2D eigenvalue weighted by Crippen LogP contribution is -2.11. The molecular weight excluding hydrogens is 399 g/mol. The quantitative estimate of drug-likeness (QED) is 0.718. The standard InChI is InChI=1S/C13H11BrCl2N2O2S/c1-2-20-12-8(15)3-7(4-9(12)16)10-6-21-13(17-10)18-11(19)5-14/h3-4,6H,2,5H2,1H3,(H,17,18,19). The van der Waals surface area contributed by atoms with Crippen molar-refractivity contribution in [1.82, 2.24) is 4.98 Å². The van der Waals surface area contributed by atoms with Gasteiger partial charge < -0.3 is 10.1 Å². The number of amides is 1. The molecule has 1 aromatic carbocycles. The lowest BCUT2D eigenvalue weighted by Gasteiger charge is -2.09. The maximum absolute atomic E-state index is 11.3. The van der Waals surface area contributed by atoms with E-state index in [1.807, 2.05) is 12.3 Å². The van der Waals surface area contributed by atoms with Crippen molar-refractivity contribution < 1.29 is 9.53 Å². The number of carbonyl (C=O) groups excluding carboxylic acids is 1. The first kappa shape index (κ1) is 16.5. The Bertz CT molecular complexity index is 640. The number of nitrogens with one attached hydrogen (secondary N) is 1. The van der Waals surface area contributed by atoms with Gasteiger partial charge in [0.1, 0.15) is 0 Å². The normalized spacial score (nSPS) is 10.5. The van der Waals surface area contributed by atoms with Crippen molar-refractivity contribution in [2.24, 2.45) is 0 Å². The summed E-state index contributed by atoms with van der Waals surface area (Å²) in [6, 6.07) is 3.48. The number of aromatic nitrogens is 1. The van der Waals surface area contributed by atoms with E-state index in [-0.39, 0.29) is 11.2 Å². The second-order valence-corrected chi connectivity index (χ2v) is 6.15. The Labute approximate surface area is 144 Å². The van der Waals surface area contributed by atoms with Crippen LogP contribution in [0.25, 0.3) is 11.3 Å². The van der Waals surface area contributed by atoms with Crippen LogP contribution in [0.15, 0.2) is 17.5 Å². The minimum absolute atomic E-state index is 0.154. The first-order valence-corrected chi connectivity index (χ1v) is 8.74. The van der Waals surface area contributed by atoms with E-state index in [0.29, 0.717) is 33.2 Å². The monoisotopic (exact) mass is 408 g/mol. The van der Waals surface area contributed by atoms with Gasteiger partial charge in [0, 0.05) is 10.9 Å². The second kappa shape index (κ2) is 7.45. The molecule has 0 unspecified atom stereocenters. The van der Waals surface area contributed by atoms with E-state index >= 15 is 0 Å². The molecule has 1 aromatic heterocycles. The van der Waals surface area contributed by atoms with E-state index in [2.05, 4.69) is 26.2 Å². The fraction of sp³-hybridized carbons (Fsp3) is 0.231. The molecule has 112 valence electrons. The highest BCUT2D eigenvalue weighted by Gasteiger charge is 2.13. The SMILES string of the molecule is CCOc1c(Cl)cc(-c2csc(NC(=O)CBr)n2)cc1Cl. The fourth-order valence-corrected chi connectivity index (χ4v) is 3.08. The van der Waals surface area contributed by atoms with Crippen molar-refractivity contribution in [3.8, 4) is 17.0 Å². The molecule has 21 heavy (non-hydrogen) atoms. The van der Waals surface area contributed by atoms with E-state index < -0.39 is 0 Å². The van der Waals surface area contributed by atoms with Crippen LogP contribution in [-0.2, 0) is 4.79 Å². The lowest BCUT2D eigenvalue weighted by molar-refractivity contribution is -0.113. The summed E-state index contributed by atoms with van der Waals surface area (Å²) in [6.45, 7) is 2.35. The molecule has 0 fully saturated rings. The van der Waals surface area contributed by atoms with E-state index in [1.165, 1.54) is 11.3 Å². The molecule has 8 heteroatoms. The van der Waals surface area contributed by atoms with Gasteiger partial charge >= 0.3 is 0 Å². The summed E-state index contributed by atoms with van der Waals surface area (Å²) >= 11 is 16.7. The molecule has 0 radical (unpaired) electrons. The Morgan fingerprint density at radius 2 is 2.10 bits per heavy atom. The number of halogens is 3. The first-order valence-electron chi connectivity index (χ1n) is 5.98. The lowest BCUT2D eigenvalue weighted by atomic mass is 10.1. The summed E-state index contributed by atoms with van der Waals surface area (Å²) in [5.74, 6) is 0.311. The van der Waals surface area contributed by atoms with Gasteiger partial charge in [0.2, 0.25) is 5.91 Å². The van der Waals surface area contributed by atoms with Crippen molar-refractivity contribution >= 4 is 61.5 Å². The fourth-order valence-electron chi connectivity index (χ4n) is 1.61. The molecule has 0 atom stereocenters. The molecule has 0 spiro atoms. The third-order valence-electron chi connectivity index (χ3n) is 2.45. The Hall–Kier alpha value is -0.820. The van der Waals surface area contributed by atoms with Crippen molar-refractivity contribution in [2.75, 3.05) is 17.3 Å². The molecule has 0 bridgehead atoms. The van der Waals surface area contributed by atoms with Crippen molar-refractivity contribution in [3.05, 3.63) is 27.6 Å². The maximum Gasteiger partial charge on any atom is 0.236 e. The molecule has 0 aliphatic carbocycles. The van der Waals surface area contributed by atoms with E-state index in [9.17, 15) is 4.79 Å². The van der Waals surface area contributed by atoms with Crippen LogP contribution in [0, 0.1) is 0 Å². The number of rotatable bonds is 5. The first-order chi connectivity index (χ1) is 10.0. The van der Waals surface area contributed by atoms with E-state index in [1.54, 1.807) is 12.1 Å². The van der Waals surface area contributed by atoms with Crippen LogP contribution < -0.4 is 10.1 Å². The highest BCUT2D eigenvalue weighted by atomic mass is 79.9. The molecule has 1 N–H and O–H groups in total. The van der Waals surface area contributed by atoms with Crippen molar-refractivity contribution in [2.45, 2.75) is 6.92 Å². The second-order valence-electron chi connectivity index (χ2n) is 3.92. The zero-order valence-electron chi connectivity index (χ0n) is 11.0. The molecule has 0 saturated heterocycles. The number of thiazole rings is 1. The van der Waals surface area contributed by atoms with Crippen LogP contribution in [0.1, 0.15) is 6.92 Å². The molecule has 2 rings (SSSR count). The summed E-state index contributed by atoms with van der Waals surface area (Å²) in [7, 11) is 0. The summed E-state index contributed by atoms with van der Waals surface area (Å²) in [4.78, 5) is 15.6. The number of nitrogens with zero attached hydrogens (tertiary/aromatic N) is 1. The molecule has 1 heterocycles. The van der Waals surface area contributed by atoms with Crippen LogP contribution in [-0.4, -0.2) is 22.8 Å². The van der Waals surface area contributed by atoms with Gasteiger partial charge in [-0.05, 0) is 19.1 Å². The third-order valence-corrected chi connectivity index (χ3v) is 4.28. The van der Waals surface area contributed by atoms with Crippen LogP contribution in [0.4, 0.5) is 5.13 Å². The summed E-state index contributed by atoms with van der Waals surface area (Å²) < 4.78 is 5.39. The predicted molar refractivity (Wildman–Crippen MR) is 91.2 cm³/mol. The van der Waals surface area contributed by atoms with Crippen LogP contribution >= 0.6 is 50.5 Å². The molecule has 1 amide bonds. The zero-order valence-corrected chi connectivity index (χ0v) is 14.9. The zero-order chi connectivity index (χ0) is 15.4. The number of benzene rings is 1. The Balaban J connectivity index is 2.28. The van der Waals surface area contributed by atoms with Crippen LogP contribution in [0.5, 0.6) is 5.75 Å². The molecular formula is C13H11BrCl2N2O2S. The number of alkyl halides is 1. The summed E-state index contributed by atoms with van der Waals surface area (Å²) in [6.07, 6.45) is 0. The Morgan fingerprint density at radius 3 is 2.67 bits per heavy atom. The maximum atomic E-state index is 11.3. The van der Waals surface area contributed by atoms with Crippen LogP contribution in [0.3, 0.4) is 0 Å². The minimum atomic E-state index is -0.154. The third kappa shape index (κ3) is 4.10. The summed E-state index contributed by atoms with van der Waals surface area (Å²) in [5, 5.41) is 6.11. The van der Waals surface area contributed by atoms with Gasteiger partial charge in [-0.3, -0.25) is 4.79 Å². The molecule has 0 aliphatic rings. The Morgan fingerprint density at radius 1 is 1.43 bits per heavy atom. The number of hydrogen-bond acceptors (Lipinski definition) is 4. The van der Waals surface area contributed by atoms with Gasteiger partial charge in [-0.15, -0.1) is 11.3 Å². The largest absolute Gasteiger partial charge is 0.491 e. The number of hydrogen-bond donors (Lipinski definition) is 1. The van der Waals surface area contributed by atoms with E-state index in [0.717, 1.165) is 5.56 Å². The van der Waals surface area contributed by atoms with Gasteiger partial charge in [0.05, 0.1) is 27.7 Å². The van der Waals surface area contributed by atoms with Gasteiger partial charge in [0.25, 0.3) is 0 Å². The predicted octanol–water partition coefficient (Wildman–Crippen LogP) is 4.85. The molecule has 0 saturated carbocycles. The summed E-state index contributed by atoms with van der Waals surface area (Å²) in [5.41, 5.74) is 1.46. The highest BCUT2D eigenvalue weighted by Crippen LogP contribution is 2.38. The van der Waals surface area contributed by atoms with Crippen molar-refractivity contribution in [1.29, 1.82) is 0 Å². The number of anilines is 1. The van der Waals surface area contributed by atoms with Crippen molar-refractivity contribution in [3.63, 3.8) is 0 Å². The molecule has 2 aromatic rings. The topological polar surface area (TPSA) is 51.2 Å². The van der Waals surface area contributed by atoms with E-state index in [4.69, 9.17) is 27.9 Å². The minimum Gasteiger partial charge on any atom is -0.491 e. The van der Waals surface area contributed by atoms with Gasteiger partial charge in [-0.1, -0.05) is 39.1 Å². The van der Waals surface area contributed by atoms with Gasteiger partial charge in [-0.2, -0.15) is 0 Å².